The van der Waals surface area contributed by atoms with E-state index in [1.165, 1.54) is 44.3 Å². The van der Waals surface area contributed by atoms with E-state index in [0.29, 0.717) is 12.6 Å². The Bertz CT molecular complexity index is 395. The van der Waals surface area contributed by atoms with Crippen molar-refractivity contribution in [3.63, 3.8) is 0 Å². The zero-order valence-corrected chi connectivity index (χ0v) is 13.3. The Labute approximate surface area is 128 Å². The smallest absolute Gasteiger partial charge is 0.240 e. The average Bonchev–Trinajstić information content (AvgIpc) is 3.17. The molecule has 2 aliphatic carbocycles. The molecule has 1 saturated heterocycles. The molecule has 0 radical (unpaired) electrons. The van der Waals surface area contributed by atoms with Gasteiger partial charge < -0.3 is 10.2 Å². The Morgan fingerprint density at radius 3 is 2.71 bits per heavy atom. The van der Waals surface area contributed by atoms with Crippen LogP contribution < -0.4 is 5.32 Å². The third-order valence-corrected chi connectivity index (χ3v) is 5.16. The molecule has 4 heteroatoms. The second-order valence-electron chi connectivity index (χ2n) is 6.94. The van der Waals surface area contributed by atoms with Gasteiger partial charge >= 0.3 is 0 Å². The number of nitrogens with one attached hydrogen (secondary N) is 1. The highest BCUT2D eigenvalue weighted by molar-refractivity contribution is 5.79. The largest absolute Gasteiger partial charge is 0.318 e. The van der Waals surface area contributed by atoms with Crippen molar-refractivity contribution < 1.29 is 4.79 Å². The Morgan fingerprint density at radius 1 is 1.33 bits per heavy atom. The molecule has 0 bridgehead atoms. The molecular formula is C17H29N3O. The first kappa shape index (κ1) is 15.0. The first-order chi connectivity index (χ1) is 10.2. The van der Waals surface area contributed by atoms with Crippen molar-refractivity contribution in [2.24, 2.45) is 5.92 Å². The Balaban J connectivity index is 1.36. The number of carbonyl (C=O) groups excluding carboxylic acids is 1. The van der Waals surface area contributed by atoms with Crippen molar-refractivity contribution >= 4 is 5.91 Å². The van der Waals surface area contributed by atoms with E-state index in [4.69, 9.17) is 0 Å². The van der Waals surface area contributed by atoms with E-state index >= 15 is 0 Å². The predicted octanol–water partition coefficient (Wildman–Crippen LogP) is 1.98. The molecule has 1 N–H and O–H groups in total. The van der Waals surface area contributed by atoms with Crippen LogP contribution in [0.25, 0.3) is 0 Å². The van der Waals surface area contributed by atoms with Crippen LogP contribution in [-0.2, 0) is 4.79 Å². The molecule has 1 amide bonds. The van der Waals surface area contributed by atoms with Crippen molar-refractivity contribution in [2.75, 3.05) is 33.2 Å². The number of hydrogen-bond donors (Lipinski definition) is 1. The fourth-order valence-electron chi connectivity index (χ4n) is 3.37. The van der Waals surface area contributed by atoms with Crippen LogP contribution in [0.3, 0.4) is 0 Å². The standard InChI is InChI=1S/C17H29N3O/c1-19(16-4-2-3-5-16)17(21)13-20-10-8-15(9-11-20)18-12-14-6-7-14/h4,14-15,18H,2-3,5-13H2,1H3. The molecule has 3 aliphatic rings. The first-order valence-electron chi connectivity index (χ1n) is 8.63. The van der Waals surface area contributed by atoms with Gasteiger partial charge in [0.05, 0.1) is 6.54 Å². The van der Waals surface area contributed by atoms with E-state index in [-0.39, 0.29) is 5.91 Å². The van der Waals surface area contributed by atoms with Gasteiger partial charge in [-0.25, -0.2) is 0 Å². The first-order valence-corrected chi connectivity index (χ1v) is 8.63. The summed E-state index contributed by atoms with van der Waals surface area (Å²) in [6, 6.07) is 0.673. The number of rotatable bonds is 6. The molecule has 0 unspecified atom stereocenters. The molecule has 1 saturated carbocycles. The van der Waals surface area contributed by atoms with Gasteiger partial charge in [-0.15, -0.1) is 0 Å². The van der Waals surface area contributed by atoms with Crippen molar-refractivity contribution in [3.05, 3.63) is 11.8 Å². The minimum atomic E-state index is 0.257. The molecule has 1 aliphatic heterocycles. The average molecular weight is 291 g/mol. The van der Waals surface area contributed by atoms with Crippen molar-refractivity contribution in [3.8, 4) is 0 Å². The summed E-state index contributed by atoms with van der Waals surface area (Å²) >= 11 is 0. The van der Waals surface area contributed by atoms with Gasteiger partial charge in [-0.3, -0.25) is 9.69 Å². The van der Waals surface area contributed by atoms with Gasteiger partial charge in [0.2, 0.25) is 5.91 Å². The number of nitrogens with zero attached hydrogens (tertiary/aromatic N) is 2. The second-order valence-corrected chi connectivity index (χ2v) is 6.94. The summed E-state index contributed by atoms with van der Waals surface area (Å²) in [4.78, 5) is 16.5. The van der Waals surface area contributed by atoms with Gasteiger partial charge in [0, 0.05) is 31.9 Å². The van der Waals surface area contributed by atoms with Crippen molar-refractivity contribution in [2.45, 2.75) is 51.0 Å². The lowest BCUT2D eigenvalue weighted by Crippen LogP contribution is -2.46. The highest BCUT2D eigenvalue weighted by Crippen LogP contribution is 2.28. The second kappa shape index (κ2) is 6.93. The lowest BCUT2D eigenvalue weighted by atomic mass is 10.0. The van der Waals surface area contributed by atoms with Gasteiger partial charge in [0.25, 0.3) is 0 Å². The fraction of sp³-hybridized carbons (Fsp3) is 0.824. The number of carbonyl (C=O) groups is 1. The summed E-state index contributed by atoms with van der Waals surface area (Å²) in [6.45, 7) is 3.91. The molecule has 0 atom stereocenters. The number of piperidine rings is 1. The SMILES string of the molecule is CN(C(=O)CN1CCC(NCC2CC2)CC1)C1=CCCC1. The van der Waals surface area contributed by atoms with E-state index in [1.807, 2.05) is 11.9 Å². The molecular weight excluding hydrogens is 262 g/mol. The van der Waals surface area contributed by atoms with Gasteiger partial charge in [-0.2, -0.15) is 0 Å². The van der Waals surface area contributed by atoms with E-state index < -0.39 is 0 Å². The summed E-state index contributed by atoms with van der Waals surface area (Å²) in [5.74, 6) is 1.21. The van der Waals surface area contributed by atoms with Crippen molar-refractivity contribution in [1.29, 1.82) is 0 Å². The van der Waals surface area contributed by atoms with Crippen LogP contribution >= 0.6 is 0 Å². The summed E-state index contributed by atoms with van der Waals surface area (Å²) < 4.78 is 0. The van der Waals surface area contributed by atoms with Crippen LogP contribution in [0.15, 0.2) is 11.8 Å². The highest BCUT2D eigenvalue weighted by Gasteiger charge is 2.26. The molecule has 1 heterocycles. The van der Waals surface area contributed by atoms with Gasteiger partial charge in [0.15, 0.2) is 0 Å². The third kappa shape index (κ3) is 4.30. The summed E-state index contributed by atoms with van der Waals surface area (Å²) in [6.07, 6.45) is 10.8. The summed E-state index contributed by atoms with van der Waals surface area (Å²) in [5, 5.41) is 3.69. The maximum atomic E-state index is 12.3. The van der Waals surface area contributed by atoms with Crippen LogP contribution in [-0.4, -0.2) is 55.0 Å². The lowest BCUT2D eigenvalue weighted by Gasteiger charge is -2.33. The Kier molecular flexibility index (Phi) is 4.96. The number of likely N-dealkylation sites (N-methyl/N-ethyl adjacent to an activating group) is 1. The summed E-state index contributed by atoms with van der Waals surface area (Å²) in [5.41, 5.74) is 1.22. The maximum absolute atomic E-state index is 12.3. The quantitative estimate of drug-likeness (QED) is 0.813. The highest BCUT2D eigenvalue weighted by atomic mass is 16.2. The van der Waals surface area contributed by atoms with Gasteiger partial charge in [-0.05, 0) is 57.4 Å². The van der Waals surface area contributed by atoms with Crippen molar-refractivity contribution in [1.82, 2.24) is 15.1 Å². The number of hydrogen-bond acceptors (Lipinski definition) is 3. The summed E-state index contributed by atoms with van der Waals surface area (Å²) in [7, 11) is 1.93. The molecule has 21 heavy (non-hydrogen) atoms. The van der Waals surface area contributed by atoms with E-state index in [1.54, 1.807) is 0 Å². The molecule has 2 fully saturated rings. The molecule has 118 valence electrons. The minimum absolute atomic E-state index is 0.257. The molecule has 4 nitrogen and oxygen atoms in total. The Hall–Kier alpha value is -0.870. The normalized spacial score (nSPS) is 24.1. The maximum Gasteiger partial charge on any atom is 0.240 e. The fourth-order valence-corrected chi connectivity index (χ4v) is 3.37. The van der Waals surface area contributed by atoms with E-state index in [0.717, 1.165) is 31.8 Å². The molecule has 0 spiro atoms. The van der Waals surface area contributed by atoms with Gasteiger partial charge in [0.1, 0.15) is 0 Å². The Morgan fingerprint density at radius 2 is 2.10 bits per heavy atom. The minimum Gasteiger partial charge on any atom is -0.318 e. The monoisotopic (exact) mass is 291 g/mol. The number of likely N-dealkylation sites (tertiary alicyclic amines) is 1. The molecule has 0 aromatic heterocycles. The lowest BCUT2D eigenvalue weighted by molar-refractivity contribution is -0.129. The van der Waals surface area contributed by atoms with E-state index in [2.05, 4.69) is 16.3 Å². The molecule has 0 aromatic rings. The van der Waals surface area contributed by atoms with Crippen LogP contribution in [0, 0.1) is 5.92 Å². The van der Waals surface area contributed by atoms with Crippen LogP contribution in [0.5, 0.6) is 0 Å². The van der Waals surface area contributed by atoms with Crippen LogP contribution in [0.2, 0.25) is 0 Å². The molecule has 3 rings (SSSR count). The number of allylic oxidation sites excluding steroid dienone is 2. The van der Waals surface area contributed by atoms with Crippen LogP contribution in [0.4, 0.5) is 0 Å². The zero-order valence-electron chi connectivity index (χ0n) is 13.3. The molecule has 0 aromatic carbocycles. The topological polar surface area (TPSA) is 35.6 Å². The predicted molar refractivity (Wildman–Crippen MR) is 84.9 cm³/mol. The third-order valence-electron chi connectivity index (χ3n) is 5.16. The van der Waals surface area contributed by atoms with E-state index in [9.17, 15) is 4.79 Å². The number of amides is 1. The zero-order chi connectivity index (χ0) is 14.7. The van der Waals surface area contributed by atoms with Gasteiger partial charge in [-0.1, -0.05) is 6.08 Å². The van der Waals surface area contributed by atoms with Crippen LogP contribution in [0.1, 0.15) is 44.9 Å².